The molecular weight excluding hydrogens is 656 g/mol. The van der Waals surface area contributed by atoms with Crippen LogP contribution >= 0.6 is 50.9 Å². The van der Waals surface area contributed by atoms with Gasteiger partial charge in [0.1, 0.15) is 5.65 Å². The Balaban J connectivity index is 0.00000152. The summed E-state index contributed by atoms with van der Waals surface area (Å²) in [5.41, 5.74) is 10.7. The van der Waals surface area contributed by atoms with Crippen LogP contribution in [0.25, 0.3) is 16.9 Å². The highest BCUT2D eigenvalue weighted by atomic mass is 79.9. The number of fused-ring (bicyclic) bond motifs is 1. The first kappa shape index (κ1) is 29.5. The summed E-state index contributed by atoms with van der Waals surface area (Å²) in [4.78, 5) is 13.4. The van der Waals surface area contributed by atoms with Crippen LogP contribution in [0.3, 0.4) is 0 Å². The minimum absolute atomic E-state index is 0. The van der Waals surface area contributed by atoms with Crippen molar-refractivity contribution in [2.45, 2.75) is 12.8 Å². The number of guanidine groups is 2. The van der Waals surface area contributed by atoms with Crippen LogP contribution in [0.2, 0.25) is 0 Å². The number of nitrogens with zero attached hydrogens (tertiary/aromatic N) is 6. The molecule has 3 aromatic rings. The van der Waals surface area contributed by atoms with Crippen LogP contribution in [0, 0.1) is 0 Å². The Labute approximate surface area is 241 Å². The van der Waals surface area contributed by atoms with Gasteiger partial charge in [0.2, 0.25) is 11.9 Å². The van der Waals surface area contributed by atoms with E-state index in [2.05, 4.69) is 41.7 Å². The average Bonchev–Trinajstić information content (AvgIpc) is 3.29. The fraction of sp³-hybridized carbons (Fsp3) is 0.261. The molecule has 0 saturated carbocycles. The number of benzene rings is 1. The number of rotatable bonds is 5. The van der Waals surface area contributed by atoms with Gasteiger partial charge in [-0.05, 0) is 30.5 Å². The van der Waals surface area contributed by atoms with E-state index < -0.39 is 0 Å². The van der Waals surface area contributed by atoms with Gasteiger partial charge in [-0.15, -0.1) is 50.9 Å². The molecular formula is C23H29Br3N10. The van der Waals surface area contributed by atoms with E-state index >= 15 is 0 Å². The van der Waals surface area contributed by atoms with E-state index in [1.807, 2.05) is 53.2 Å². The Morgan fingerprint density at radius 3 is 1.92 bits per heavy atom. The number of hydrogen-bond acceptors (Lipinski definition) is 9. The van der Waals surface area contributed by atoms with Crippen LogP contribution in [-0.4, -0.2) is 59.9 Å². The third-order valence-corrected chi connectivity index (χ3v) is 5.24. The molecule has 0 fully saturated rings. The summed E-state index contributed by atoms with van der Waals surface area (Å²) in [6.07, 6.45) is 9.68. The minimum Gasteiger partial charge on any atom is -0.355 e. The molecule has 1 aromatic carbocycles. The zero-order chi connectivity index (χ0) is 22.3. The number of imidazole rings is 1. The Bertz CT molecular complexity index is 1230. The number of pyridine rings is 1. The summed E-state index contributed by atoms with van der Waals surface area (Å²) in [5.74, 6) is 1.44. The molecule has 36 heavy (non-hydrogen) atoms. The van der Waals surface area contributed by atoms with Crippen molar-refractivity contribution < 1.29 is 0 Å². The summed E-state index contributed by atoms with van der Waals surface area (Å²) >= 11 is 0. The summed E-state index contributed by atoms with van der Waals surface area (Å²) in [6, 6.07) is 12.1. The van der Waals surface area contributed by atoms with Crippen molar-refractivity contribution in [1.82, 2.24) is 30.9 Å². The van der Waals surface area contributed by atoms with Crippen LogP contribution in [0.4, 0.5) is 0 Å². The van der Waals surface area contributed by atoms with Gasteiger partial charge in [0.05, 0.1) is 18.1 Å². The zero-order valence-corrected chi connectivity index (χ0v) is 24.6. The number of aromatic nitrogens is 2. The molecule has 5 rings (SSSR count). The van der Waals surface area contributed by atoms with E-state index in [0.717, 1.165) is 73.0 Å². The third kappa shape index (κ3) is 7.87. The molecule has 10 nitrogen and oxygen atoms in total. The molecule has 0 radical (unpaired) electrons. The first-order valence-electron chi connectivity index (χ1n) is 11.1. The maximum Gasteiger partial charge on any atom is 0.212 e. The van der Waals surface area contributed by atoms with Crippen molar-refractivity contribution in [2.24, 2.45) is 20.2 Å². The van der Waals surface area contributed by atoms with E-state index in [1.165, 1.54) is 0 Å². The van der Waals surface area contributed by atoms with Gasteiger partial charge in [-0.1, -0.05) is 24.3 Å². The van der Waals surface area contributed by atoms with Crippen LogP contribution in [0.15, 0.2) is 69.0 Å². The van der Waals surface area contributed by atoms with E-state index in [0.29, 0.717) is 5.96 Å². The Morgan fingerprint density at radius 1 is 0.750 bits per heavy atom. The third-order valence-electron chi connectivity index (χ3n) is 5.24. The lowest BCUT2D eigenvalue weighted by molar-refractivity contribution is 0.712. The molecule has 4 heterocycles. The largest absolute Gasteiger partial charge is 0.355 e. The number of aliphatic imine (C=N–C) groups is 2. The molecule has 2 aliphatic heterocycles. The van der Waals surface area contributed by atoms with E-state index in [1.54, 1.807) is 12.4 Å². The van der Waals surface area contributed by atoms with Crippen molar-refractivity contribution in [2.75, 3.05) is 26.2 Å². The number of halogens is 3. The van der Waals surface area contributed by atoms with Gasteiger partial charge in [-0.3, -0.25) is 9.98 Å². The van der Waals surface area contributed by atoms with Crippen molar-refractivity contribution >= 4 is 80.9 Å². The van der Waals surface area contributed by atoms with Gasteiger partial charge in [0.15, 0.2) is 0 Å². The minimum atomic E-state index is 0. The zero-order valence-electron chi connectivity index (χ0n) is 19.4. The number of hydrogen-bond donors (Lipinski definition) is 4. The molecule has 0 saturated heterocycles. The predicted octanol–water partition coefficient (Wildman–Crippen LogP) is 3.28. The van der Waals surface area contributed by atoms with Gasteiger partial charge in [0, 0.05) is 49.7 Å². The number of nitrogens with one attached hydrogen (secondary N) is 4. The fourth-order valence-electron chi connectivity index (χ4n) is 3.52. The monoisotopic (exact) mass is 682 g/mol. The summed E-state index contributed by atoms with van der Waals surface area (Å²) in [7, 11) is 0. The highest BCUT2D eigenvalue weighted by molar-refractivity contribution is 8.93. The summed E-state index contributed by atoms with van der Waals surface area (Å²) in [6.45, 7) is 3.50. The molecule has 0 aliphatic carbocycles. The number of hydrazone groups is 2. The summed E-state index contributed by atoms with van der Waals surface area (Å²) in [5, 5.41) is 14.9. The van der Waals surface area contributed by atoms with E-state index in [4.69, 9.17) is 4.98 Å². The Kier molecular flexibility index (Phi) is 12.0. The van der Waals surface area contributed by atoms with Gasteiger partial charge < -0.3 is 15.0 Å². The van der Waals surface area contributed by atoms with E-state index in [9.17, 15) is 0 Å². The van der Waals surface area contributed by atoms with Crippen molar-refractivity contribution in [3.05, 3.63) is 59.9 Å². The van der Waals surface area contributed by atoms with Crippen molar-refractivity contribution in [1.29, 1.82) is 0 Å². The van der Waals surface area contributed by atoms with Crippen LogP contribution in [0.5, 0.6) is 0 Å². The quantitative estimate of drug-likeness (QED) is 0.244. The molecule has 2 aromatic heterocycles. The standard InChI is InChI=1S/C23H26N10.3BrH/c1-9-24-22(25-10-1)31-28-13-17-3-6-19(7-4-17)20-16-33-15-18(5-8-21(33)30-20)14-29-32-23-26-11-2-12-27-23;;;/h3-8,13-16H,1-2,9-12H2,(H2,24,25,31)(H2,26,27,32);3*1H/b28-13+,29-14+;;;. The van der Waals surface area contributed by atoms with Gasteiger partial charge in [0.25, 0.3) is 0 Å². The maximum atomic E-state index is 4.73. The maximum absolute atomic E-state index is 4.73. The first-order chi connectivity index (χ1) is 16.3. The van der Waals surface area contributed by atoms with Crippen molar-refractivity contribution in [3.8, 4) is 11.3 Å². The molecule has 4 N–H and O–H groups in total. The second-order valence-corrected chi connectivity index (χ2v) is 7.74. The predicted molar refractivity (Wildman–Crippen MR) is 163 cm³/mol. The lowest BCUT2D eigenvalue weighted by Crippen LogP contribution is -2.38. The highest BCUT2D eigenvalue weighted by Gasteiger charge is 2.06. The lowest BCUT2D eigenvalue weighted by atomic mass is 10.1. The highest BCUT2D eigenvalue weighted by Crippen LogP contribution is 2.19. The molecule has 0 bridgehead atoms. The van der Waals surface area contributed by atoms with Gasteiger partial charge in [-0.25, -0.2) is 15.8 Å². The normalized spacial score (nSPS) is 15.0. The van der Waals surface area contributed by atoms with Crippen LogP contribution < -0.4 is 21.5 Å². The van der Waals surface area contributed by atoms with Gasteiger partial charge >= 0.3 is 0 Å². The molecule has 2 aliphatic rings. The molecule has 0 spiro atoms. The van der Waals surface area contributed by atoms with Gasteiger partial charge in [-0.2, -0.15) is 10.2 Å². The molecule has 192 valence electrons. The molecule has 13 heteroatoms. The molecule has 0 atom stereocenters. The molecule has 0 unspecified atom stereocenters. The van der Waals surface area contributed by atoms with E-state index in [-0.39, 0.29) is 50.9 Å². The lowest BCUT2D eigenvalue weighted by Gasteiger charge is -2.12. The first-order valence-corrected chi connectivity index (χ1v) is 11.1. The average molecular weight is 685 g/mol. The topological polar surface area (TPSA) is 115 Å². The SMILES string of the molecule is Br.Br.Br.C(=N\NC1=NCCCN1)/c1ccc(-c2cn3cc(/C=N/NC4=NCCCN4)ccc3n2)cc1. The fourth-order valence-corrected chi connectivity index (χ4v) is 3.52. The second-order valence-electron chi connectivity index (χ2n) is 7.74. The Hall–Kier alpha value is -2.77. The van der Waals surface area contributed by atoms with Crippen molar-refractivity contribution in [3.63, 3.8) is 0 Å². The second kappa shape index (κ2) is 14.7. The van der Waals surface area contributed by atoms with Crippen LogP contribution in [-0.2, 0) is 0 Å². The Morgan fingerprint density at radius 2 is 1.33 bits per heavy atom. The smallest absolute Gasteiger partial charge is 0.212 e. The van der Waals surface area contributed by atoms with Crippen LogP contribution in [0.1, 0.15) is 24.0 Å². The molecule has 0 amide bonds. The summed E-state index contributed by atoms with van der Waals surface area (Å²) < 4.78 is 2.00.